The van der Waals surface area contributed by atoms with Crippen LogP contribution in [0.25, 0.3) is 0 Å². The molecule has 1 amide bonds. The van der Waals surface area contributed by atoms with Gasteiger partial charge < -0.3 is 19.1 Å². The molecule has 1 unspecified atom stereocenters. The topological polar surface area (TPSA) is 48.0 Å². The van der Waals surface area contributed by atoms with E-state index in [2.05, 4.69) is 25.1 Å². The summed E-state index contributed by atoms with van der Waals surface area (Å²) in [4.78, 5) is 14.2. The average Bonchev–Trinajstić information content (AvgIpc) is 2.69. The van der Waals surface area contributed by atoms with Crippen LogP contribution >= 0.6 is 0 Å². The van der Waals surface area contributed by atoms with Gasteiger partial charge >= 0.3 is 0 Å². The van der Waals surface area contributed by atoms with Gasteiger partial charge in [-0.25, -0.2) is 0 Å². The highest BCUT2D eigenvalue weighted by molar-refractivity contribution is 5.77. The van der Waals surface area contributed by atoms with Crippen LogP contribution in [0.15, 0.2) is 54.6 Å². The van der Waals surface area contributed by atoms with Crippen LogP contribution in [0.5, 0.6) is 0 Å². The summed E-state index contributed by atoms with van der Waals surface area (Å²) in [5.74, 6) is -0.00193. The van der Waals surface area contributed by atoms with Gasteiger partial charge in [-0.1, -0.05) is 60.2 Å². The fraction of sp³-hybridized carbons (Fsp3) is 0.409. The summed E-state index contributed by atoms with van der Waals surface area (Å²) in [6, 6.07) is 18.1. The average molecular weight is 369 g/mol. The maximum atomic E-state index is 12.4. The van der Waals surface area contributed by atoms with Crippen molar-refractivity contribution in [1.29, 1.82) is 0 Å². The SMILES string of the molecule is Cc1cccc(COCC2CN(C(=O)COCc3ccccc3)CCO2)c1. The van der Waals surface area contributed by atoms with E-state index in [9.17, 15) is 4.79 Å². The fourth-order valence-electron chi connectivity index (χ4n) is 3.08. The second-order valence-corrected chi connectivity index (χ2v) is 6.82. The van der Waals surface area contributed by atoms with E-state index in [-0.39, 0.29) is 18.6 Å². The summed E-state index contributed by atoms with van der Waals surface area (Å²) >= 11 is 0. The Bertz CT molecular complexity index is 719. The molecule has 1 aliphatic rings. The first-order valence-corrected chi connectivity index (χ1v) is 9.35. The molecule has 0 N–H and O–H groups in total. The Labute approximate surface area is 160 Å². The van der Waals surface area contributed by atoms with Gasteiger partial charge in [0, 0.05) is 13.1 Å². The Hall–Kier alpha value is -2.21. The first kappa shape index (κ1) is 19.5. The minimum absolute atomic E-state index is 0.00193. The lowest BCUT2D eigenvalue weighted by Gasteiger charge is -2.32. The zero-order valence-corrected chi connectivity index (χ0v) is 15.8. The van der Waals surface area contributed by atoms with Crippen LogP contribution in [0.4, 0.5) is 0 Å². The number of benzene rings is 2. The maximum absolute atomic E-state index is 12.4. The molecule has 5 nitrogen and oxygen atoms in total. The lowest BCUT2D eigenvalue weighted by Crippen LogP contribution is -2.48. The number of carbonyl (C=O) groups excluding carboxylic acids is 1. The van der Waals surface area contributed by atoms with Crippen molar-refractivity contribution < 1.29 is 19.0 Å². The highest BCUT2D eigenvalue weighted by atomic mass is 16.5. The van der Waals surface area contributed by atoms with E-state index in [0.29, 0.717) is 39.5 Å². The summed E-state index contributed by atoms with van der Waals surface area (Å²) in [6.45, 7) is 5.30. The molecule has 0 bridgehead atoms. The number of hydrogen-bond acceptors (Lipinski definition) is 4. The number of ether oxygens (including phenoxy) is 3. The second kappa shape index (κ2) is 10.2. The molecular weight excluding hydrogens is 342 g/mol. The van der Waals surface area contributed by atoms with Crippen LogP contribution in [-0.2, 0) is 32.2 Å². The number of amides is 1. The van der Waals surface area contributed by atoms with Gasteiger partial charge in [0.2, 0.25) is 5.91 Å². The van der Waals surface area contributed by atoms with Gasteiger partial charge in [-0.3, -0.25) is 4.79 Å². The van der Waals surface area contributed by atoms with E-state index in [1.54, 1.807) is 4.90 Å². The largest absolute Gasteiger partial charge is 0.374 e. The van der Waals surface area contributed by atoms with E-state index in [1.807, 2.05) is 36.4 Å². The Morgan fingerprint density at radius 3 is 2.67 bits per heavy atom. The highest BCUT2D eigenvalue weighted by Crippen LogP contribution is 2.10. The van der Waals surface area contributed by atoms with Crippen molar-refractivity contribution in [2.75, 3.05) is 32.9 Å². The van der Waals surface area contributed by atoms with E-state index in [0.717, 1.165) is 11.1 Å². The molecule has 2 aromatic rings. The Kier molecular flexibility index (Phi) is 7.39. The monoisotopic (exact) mass is 369 g/mol. The van der Waals surface area contributed by atoms with Crippen molar-refractivity contribution in [2.45, 2.75) is 26.2 Å². The Morgan fingerprint density at radius 1 is 1.07 bits per heavy atom. The van der Waals surface area contributed by atoms with Crippen molar-refractivity contribution in [3.8, 4) is 0 Å². The van der Waals surface area contributed by atoms with Crippen molar-refractivity contribution in [3.63, 3.8) is 0 Å². The fourth-order valence-corrected chi connectivity index (χ4v) is 3.08. The third-order valence-corrected chi connectivity index (χ3v) is 4.48. The molecule has 1 fully saturated rings. The van der Waals surface area contributed by atoms with Crippen LogP contribution in [-0.4, -0.2) is 49.8 Å². The Morgan fingerprint density at radius 2 is 1.85 bits per heavy atom. The standard InChI is InChI=1S/C22H27NO4/c1-18-6-5-9-20(12-18)15-25-16-21-13-23(10-11-27-21)22(24)17-26-14-19-7-3-2-4-8-19/h2-9,12,21H,10-11,13-17H2,1H3. The zero-order chi connectivity index (χ0) is 18.9. The molecule has 0 spiro atoms. The first-order chi connectivity index (χ1) is 13.2. The minimum Gasteiger partial charge on any atom is -0.374 e. The quantitative estimate of drug-likeness (QED) is 0.718. The van der Waals surface area contributed by atoms with Gasteiger partial charge in [0.1, 0.15) is 6.61 Å². The number of morpholine rings is 1. The lowest BCUT2D eigenvalue weighted by molar-refractivity contribution is -0.146. The molecule has 2 aromatic carbocycles. The molecule has 1 heterocycles. The van der Waals surface area contributed by atoms with E-state index in [1.165, 1.54) is 5.56 Å². The van der Waals surface area contributed by atoms with Crippen molar-refractivity contribution in [3.05, 3.63) is 71.3 Å². The number of carbonyl (C=O) groups is 1. The summed E-state index contributed by atoms with van der Waals surface area (Å²) in [5, 5.41) is 0. The summed E-state index contributed by atoms with van der Waals surface area (Å²) in [5.41, 5.74) is 3.43. The molecule has 0 aliphatic carbocycles. The van der Waals surface area contributed by atoms with Crippen LogP contribution in [0, 0.1) is 6.92 Å². The molecular formula is C22H27NO4. The first-order valence-electron chi connectivity index (χ1n) is 9.35. The molecule has 0 aromatic heterocycles. The highest BCUT2D eigenvalue weighted by Gasteiger charge is 2.24. The third-order valence-electron chi connectivity index (χ3n) is 4.48. The predicted octanol–water partition coefficient (Wildman–Crippen LogP) is 2.96. The number of hydrogen-bond donors (Lipinski definition) is 0. The van der Waals surface area contributed by atoms with Crippen LogP contribution in [0.3, 0.4) is 0 Å². The van der Waals surface area contributed by atoms with Gasteiger partial charge in [-0.05, 0) is 18.1 Å². The predicted molar refractivity (Wildman–Crippen MR) is 103 cm³/mol. The summed E-state index contributed by atoms with van der Waals surface area (Å²) in [6.07, 6.45) is -0.0957. The Balaban J connectivity index is 1.37. The second-order valence-electron chi connectivity index (χ2n) is 6.82. The van der Waals surface area contributed by atoms with Crippen LogP contribution in [0.1, 0.15) is 16.7 Å². The van der Waals surface area contributed by atoms with E-state index < -0.39 is 0 Å². The molecule has 1 atom stereocenters. The van der Waals surface area contributed by atoms with Crippen molar-refractivity contribution >= 4 is 5.91 Å². The van der Waals surface area contributed by atoms with Gasteiger partial charge in [0.05, 0.1) is 32.5 Å². The molecule has 0 radical (unpaired) electrons. The molecule has 27 heavy (non-hydrogen) atoms. The maximum Gasteiger partial charge on any atom is 0.248 e. The van der Waals surface area contributed by atoms with E-state index >= 15 is 0 Å². The molecule has 3 rings (SSSR count). The summed E-state index contributed by atoms with van der Waals surface area (Å²) in [7, 11) is 0. The van der Waals surface area contributed by atoms with E-state index in [4.69, 9.17) is 14.2 Å². The molecule has 1 aliphatic heterocycles. The number of aryl methyl sites for hydroxylation is 1. The molecule has 5 heteroatoms. The smallest absolute Gasteiger partial charge is 0.248 e. The number of rotatable bonds is 8. The van der Waals surface area contributed by atoms with Crippen LogP contribution < -0.4 is 0 Å². The van der Waals surface area contributed by atoms with Crippen molar-refractivity contribution in [2.24, 2.45) is 0 Å². The van der Waals surface area contributed by atoms with Gasteiger partial charge in [-0.15, -0.1) is 0 Å². The number of nitrogens with zero attached hydrogens (tertiary/aromatic N) is 1. The van der Waals surface area contributed by atoms with Gasteiger partial charge in [-0.2, -0.15) is 0 Å². The third kappa shape index (κ3) is 6.47. The molecule has 0 saturated carbocycles. The zero-order valence-electron chi connectivity index (χ0n) is 15.8. The normalized spacial score (nSPS) is 17.1. The molecule has 1 saturated heterocycles. The lowest BCUT2D eigenvalue weighted by atomic mass is 10.1. The summed E-state index contributed by atoms with van der Waals surface area (Å²) < 4.78 is 17.1. The molecule has 144 valence electrons. The van der Waals surface area contributed by atoms with Crippen molar-refractivity contribution in [1.82, 2.24) is 4.90 Å². The van der Waals surface area contributed by atoms with Gasteiger partial charge in [0.15, 0.2) is 0 Å². The van der Waals surface area contributed by atoms with Gasteiger partial charge in [0.25, 0.3) is 0 Å². The van der Waals surface area contributed by atoms with Crippen LogP contribution in [0.2, 0.25) is 0 Å². The minimum atomic E-state index is -0.0957.